The van der Waals surface area contributed by atoms with Gasteiger partial charge >= 0.3 is 0 Å². The van der Waals surface area contributed by atoms with Gasteiger partial charge in [-0.2, -0.15) is 0 Å². The highest BCUT2D eigenvalue weighted by Gasteiger charge is 2.21. The van der Waals surface area contributed by atoms with Crippen LogP contribution in [0, 0.1) is 0 Å². The maximum Gasteiger partial charge on any atom is 0.252 e. The molecule has 0 spiro atoms. The van der Waals surface area contributed by atoms with E-state index in [-0.39, 0.29) is 17.2 Å². The van der Waals surface area contributed by atoms with Gasteiger partial charge in [-0.3, -0.25) is 9.59 Å². The van der Waals surface area contributed by atoms with Gasteiger partial charge in [0.25, 0.3) is 5.91 Å². The number of amides is 1. The van der Waals surface area contributed by atoms with Crippen LogP contribution < -0.4 is 5.32 Å². The summed E-state index contributed by atoms with van der Waals surface area (Å²) in [7, 11) is 0. The first-order valence-corrected chi connectivity index (χ1v) is 7.37. The van der Waals surface area contributed by atoms with E-state index in [9.17, 15) is 9.59 Å². The normalized spacial score (nSPS) is 11.1. The van der Waals surface area contributed by atoms with Gasteiger partial charge < -0.3 is 5.32 Å². The molecule has 2 aromatic carbocycles. The monoisotopic (exact) mass is 315 g/mol. The predicted octanol–water partition coefficient (Wildman–Crippen LogP) is 4.10. The van der Waals surface area contributed by atoms with Crippen molar-refractivity contribution < 1.29 is 9.59 Å². The van der Waals surface area contributed by atoms with E-state index >= 15 is 0 Å². The number of benzene rings is 2. The SMILES string of the molecule is CC(C)(C)NC(=O)c1ccccc1C(=O)c1ccc(Cl)cc1. The van der Waals surface area contributed by atoms with E-state index in [2.05, 4.69) is 5.32 Å². The van der Waals surface area contributed by atoms with Crippen molar-refractivity contribution in [1.29, 1.82) is 0 Å². The van der Waals surface area contributed by atoms with Crippen LogP contribution in [0.3, 0.4) is 0 Å². The molecule has 1 N–H and O–H groups in total. The zero-order valence-electron chi connectivity index (χ0n) is 12.8. The van der Waals surface area contributed by atoms with Crippen molar-refractivity contribution in [3.05, 3.63) is 70.2 Å². The number of hydrogen-bond acceptors (Lipinski definition) is 2. The van der Waals surface area contributed by atoms with Gasteiger partial charge in [0.15, 0.2) is 5.78 Å². The van der Waals surface area contributed by atoms with Crippen molar-refractivity contribution in [2.24, 2.45) is 0 Å². The molecule has 0 radical (unpaired) electrons. The molecule has 0 aromatic heterocycles. The molecule has 0 unspecified atom stereocenters. The Bertz CT molecular complexity index is 700. The van der Waals surface area contributed by atoms with Crippen LogP contribution in [0.25, 0.3) is 0 Å². The molecule has 0 atom stereocenters. The summed E-state index contributed by atoms with van der Waals surface area (Å²) in [4.78, 5) is 25.0. The molecule has 0 fully saturated rings. The number of ketones is 1. The molecule has 2 aromatic rings. The maximum atomic E-state index is 12.6. The Kier molecular flexibility index (Phi) is 4.67. The van der Waals surface area contributed by atoms with Crippen molar-refractivity contribution >= 4 is 23.3 Å². The molecule has 0 saturated carbocycles. The summed E-state index contributed by atoms with van der Waals surface area (Å²) in [5.41, 5.74) is 0.886. The fraction of sp³-hybridized carbons (Fsp3) is 0.222. The van der Waals surface area contributed by atoms with Crippen LogP contribution in [0.1, 0.15) is 47.1 Å². The Morgan fingerprint density at radius 3 is 2.00 bits per heavy atom. The summed E-state index contributed by atoms with van der Waals surface area (Å²) >= 11 is 5.84. The van der Waals surface area contributed by atoms with Gasteiger partial charge in [-0.1, -0.05) is 29.8 Å². The molecule has 0 aliphatic heterocycles. The predicted molar refractivity (Wildman–Crippen MR) is 88.5 cm³/mol. The Morgan fingerprint density at radius 1 is 0.909 bits per heavy atom. The van der Waals surface area contributed by atoms with Crippen LogP contribution >= 0.6 is 11.6 Å². The van der Waals surface area contributed by atoms with Crippen LogP contribution in [-0.4, -0.2) is 17.2 Å². The van der Waals surface area contributed by atoms with Crippen LogP contribution in [-0.2, 0) is 0 Å². The van der Waals surface area contributed by atoms with Crippen molar-refractivity contribution in [2.75, 3.05) is 0 Å². The Balaban J connectivity index is 2.38. The van der Waals surface area contributed by atoms with Gasteiger partial charge in [-0.25, -0.2) is 0 Å². The second kappa shape index (κ2) is 6.32. The summed E-state index contributed by atoms with van der Waals surface area (Å²) in [5, 5.41) is 3.44. The molecular formula is C18H18ClNO2. The third-order valence-electron chi connectivity index (χ3n) is 3.01. The van der Waals surface area contributed by atoms with E-state index in [0.717, 1.165) is 0 Å². The lowest BCUT2D eigenvalue weighted by Crippen LogP contribution is -2.41. The average Bonchev–Trinajstić information content (AvgIpc) is 2.45. The summed E-state index contributed by atoms with van der Waals surface area (Å²) in [5.74, 6) is -0.457. The maximum absolute atomic E-state index is 12.6. The number of hydrogen-bond donors (Lipinski definition) is 1. The number of carbonyl (C=O) groups is 2. The smallest absolute Gasteiger partial charge is 0.252 e. The third kappa shape index (κ3) is 3.95. The van der Waals surface area contributed by atoms with Crippen LogP contribution in [0.15, 0.2) is 48.5 Å². The first kappa shape index (κ1) is 16.2. The van der Waals surface area contributed by atoms with Gasteiger partial charge in [-0.15, -0.1) is 0 Å². The summed E-state index contributed by atoms with van der Waals surface area (Å²) in [6.07, 6.45) is 0. The zero-order valence-corrected chi connectivity index (χ0v) is 13.6. The fourth-order valence-corrected chi connectivity index (χ4v) is 2.17. The highest BCUT2D eigenvalue weighted by atomic mass is 35.5. The molecule has 0 aliphatic carbocycles. The second-order valence-electron chi connectivity index (χ2n) is 6.09. The Morgan fingerprint density at radius 2 is 1.45 bits per heavy atom. The van der Waals surface area contributed by atoms with Crippen LogP contribution in [0.4, 0.5) is 0 Å². The Labute approximate surface area is 135 Å². The molecule has 2 rings (SSSR count). The molecule has 0 saturated heterocycles. The topological polar surface area (TPSA) is 46.2 Å². The second-order valence-corrected chi connectivity index (χ2v) is 6.52. The minimum atomic E-state index is -0.368. The molecule has 4 heteroatoms. The first-order valence-electron chi connectivity index (χ1n) is 7.00. The number of nitrogens with one attached hydrogen (secondary N) is 1. The highest BCUT2D eigenvalue weighted by molar-refractivity contribution is 6.30. The molecular weight excluding hydrogens is 298 g/mol. The van der Waals surface area contributed by atoms with Crippen molar-refractivity contribution in [1.82, 2.24) is 5.32 Å². The third-order valence-corrected chi connectivity index (χ3v) is 3.26. The van der Waals surface area contributed by atoms with E-state index in [1.54, 1.807) is 48.5 Å². The van der Waals surface area contributed by atoms with Crippen molar-refractivity contribution in [3.63, 3.8) is 0 Å². The lowest BCUT2D eigenvalue weighted by molar-refractivity contribution is 0.0910. The minimum absolute atomic E-state index is 0.198. The molecule has 0 bridgehead atoms. The molecule has 3 nitrogen and oxygen atoms in total. The van der Waals surface area contributed by atoms with Crippen molar-refractivity contribution in [3.8, 4) is 0 Å². The molecule has 0 heterocycles. The quantitative estimate of drug-likeness (QED) is 0.867. The highest BCUT2D eigenvalue weighted by Crippen LogP contribution is 2.17. The van der Waals surface area contributed by atoms with Gasteiger partial charge in [0.1, 0.15) is 0 Å². The fourth-order valence-electron chi connectivity index (χ4n) is 2.04. The molecule has 114 valence electrons. The number of halogens is 1. The lowest BCUT2D eigenvalue weighted by atomic mass is 9.97. The Hall–Kier alpha value is -2.13. The minimum Gasteiger partial charge on any atom is -0.347 e. The molecule has 1 amide bonds. The number of rotatable bonds is 3. The zero-order chi connectivity index (χ0) is 16.3. The number of carbonyl (C=O) groups excluding carboxylic acids is 2. The lowest BCUT2D eigenvalue weighted by Gasteiger charge is -2.21. The summed E-state index contributed by atoms with van der Waals surface area (Å²) in [6, 6.07) is 13.4. The van der Waals surface area contributed by atoms with E-state index in [1.807, 2.05) is 20.8 Å². The van der Waals surface area contributed by atoms with E-state index in [4.69, 9.17) is 11.6 Å². The van der Waals surface area contributed by atoms with Crippen LogP contribution in [0.2, 0.25) is 5.02 Å². The van der Waals surface area contributed by atoms with Gasteiger partial charge in [0.2, 0.25) is 0 Å². The van der Waals surface area contributed by atoms with Gasteiger partial charge in [0.05, 0.1) is 5.56 Å². The van der Waals surface area contributed by atoms with Crippen molar-refractivity contribution in [2.45, 2.75) is 26.3 Å². The standard InChI is InChI=1S/C18H18ClNO2/c1-18(2,3)20-17(22)15-7-5-4-6-14(15)16(21)12-8-10-13(19)11-9-12/h4-11H,1-3H3,(H,20,22). The first-order chi connectivity index (χ1) is 10.3. The molecule has 0 aliphatic rings. The van der Waals surface area contributed by atoms with E-state index in [0.29, 0.717) is 21.7 Å². The van der Waals surface area contributed by atoms with Gasteiger partial charge in [-0.05, 0) is 51.1 Å². The van der Waals surface area contributed by atoms with Gasteiger partial charge in [0, 0.05) is 21.7 Å². The average molecular weight is 316 g/mol. The van der Waals surface area contributed by atoms with Crippen LogP contribution in [0.5, 0.6) is 0 Å². The van der Waals surface area contributed by atoms with E-state index < -0.39 is 0 Å². The van der Waals surface area contributed by atoms with E-state index in [1.165, 1.54) is 0 Å². The summed E-state index contributed by atoms with van der Waals surface area (Å²) < 4.78 is 0. The largest absolute Gasteiger partial charge is 0.347 e. The molecule has 22 heavy (non-hydrogen) atoms. The summed E-state index contributed by atoms with van der Waals surface area (Å²) in [6.45, 7) is 5.69.